The molecule has 1 aromatic heterocycles. The van der Waals surface area contributed by atoms with Crippen molar-refractivity contribution < 1.29 is 14.3 Å². The minimum absolute atomic E-state index is 0.208. The average Bonchev–Trinajstić information content (AvgIpc) is 2.96. The number of carbonyl (C=O) groups is 1. The molecule has 0 unspecified atom stereocenters. The fraction of sp³-hybridized carbons (Fsp3) is 0.357. The van der Waals surface area contributed by atoms with E-state index in [-0.39, 0.29) is 5.97 Å². The van der Waals surface area contributed by atoms with E-state index >= 15 is 0 Å². The second kappa shape index (κ2) is 6.70. The van der Waals surface area contributed by atoms with Gasteiger partial charge in [0.15, 0.2) is 0 Å². The third kappa shape index (κ3) is 3.57. The Morgan fingerprint density at radius 1 is 1.25 bits per heavy atom. The van der Waals surface area contributed by atoms with Crippen LogP contribution in [0.3, 0.4) is 0 Å². The number of carbonyl (C=O) groups excluding carboxylic acids is 1. The van der Waals surface area contributed by atoms with Gasteiger partial charge in [0, 0.05) is 18.5 Å². The first-order valence-electron chi connectivity index (χ1n) is 6.34. The predicted molar refractivity (Wildman–Crippen MR) is 73.3 cm³/mol. The summed E-state index contributed by atoms with van der Waals surface area (Å²) >= 11 is 0. The van der Waals surface area contributed by atoms with Crippen molar-refractivity contribution in [3.05, 3.63) is 30.5 Å². The summed E-state index contributed by atoms with van der Waals surface area (Å²) in [5.74, 6) is 0.597. The topological polar surface area (TPSA) is 66.2 Å². The molecule has 106 valence electrons. The van der Waals surface area contributed by atoms with Crippen LogP contribution in [0.4, 0.5) is 0 Å². The maximum absolute atomic E-state index is 11.0. The molecule has 6 heteroatoms. The van der Waals surface area contributed by atoms with Crippen LogP contribution in [0, 0.1) is 0 Å². The van der Waals surface area contributed by atoms with Crippen LogP contribution in [0.5, 0.6) is 5.75 Å². The van der Waals surface area contributed by atoms with Crippen molar-refractivity contribution in [2.24, 2.45) is 0 Å². The number of benzene rings is 1. The van der Waals surface area contributed by atoms with E-state index in [1.54, 1.807) is 11.8 Å². The lowest BCUT2D eigenvalue weighted by Crippen LogP contribution is -2.04. The number of ether oxygens (including phenoxy) is 2. The highest BCUT2D eigenvalue weighted by Crippen LogP contribution is 2.19. The minimum Gasteiger partial charge on any atom is -0.497 e. The van der Waals surface area contributed by atoms with Crippen molar-refractivity contribution in [2.75, 3.05) is 14.2 Å². The first kappa shape index (κ1) is 14.0. The number of rotatable bonds is 6. The van der Waals surface area contributed by atoms with Crippen LogP contribution >= 0.6 is 0 Å². The van der Waals surface area contributed by atoms with E-state index in [4.69, 9.17) is 4.74 Å². The molecule has 6 nitrogen and oxygen atoms in total. The van der Waals surface area contributed by atoms with Crippen molar-refractivity contribution in [1.82, 2.24) is 15.0 Å². The Balaban J connectivity index is 1.95. The third-order valence-corrected chi connectivity index (χ3v) is 2.92. The van der Waals surface area contributed by atoms with Gasteiger partial charge in [0.2, 0.25) is 0 Å². The standard InChI is InChI=1S/C14H17N3O3/c1-19-12-7-5-11(6-8-12)13-10-17(16-15-13)9-3-4-14(18)20-2/h5-8,10H,3-4,9H2,1-2H3. The van der Waals surface area contributed by atoms with Gasteiger partial charge in [0.25, 0.3) is 0 Å². The normalized spacial score (nSPS) is 10.3. The molecule has 0 aliphatic carbocycles. The molecule has 0 saturated heterocycles. The summed E-state index contributed by atoms with van der Waals surface area (Å²) in [7, 11) is 3.02. The zero-order chi connectivity index (χ0) is 14.4. The number of nitrogens with zero attached hydrogens (tertiary/aromatic N) is 3. The van der Waals surface area contributed by atoms with Gasteiger partial charge >= 0.3 is 5.97 Å². The first-order chi connectivity index (χ1) is 9.72. The molecule has 0 amide bonds. The molecule has 1 aromatic carbocycles. The Hall–Kier alpha value is -2.37. The summed E-state index contributed by atoms with van der Waals surface area (Å²) in [6, 6.07) is 7.63. The van der Waals surface area contributed by atoms with E-state index in [0.29, 0.717) is 19.4 Å². The second-order valence-electron chi connectivity index (χ2n) is 4.28. The highest BCUT2D eigenvalue weighted by Gasteiger charge is 2.05. The van der Waals surface area contributed by atoms with E-state index in [1.807, 2.05) is 30.5 Å². The number of esters is 1. The fourth-order valence-corrected chi connectivity index (χ4v) is 1.79. The van der Waals surface area contributed by atoms with E-state index in [9.17, 15) is 4.79 Å². The summed E-state index contributed by atoms with van der Waals surface area (Å²) in [4.78, 5) is 11.0. The molecule has 0 fully saturated rings. The van der Waals surface area contributed by atoms with Crippen LogP contribution in [0.25, 0.3) is 11.3 Å². The number of hydrogen-bond donors (Lipinski definition) is 0. The molecule has 2 rings (SSSR count). The van der Waals surface area contributed by atoms with Crippen LogP contribution in [0.15, 0.2) is 30.5 Å². The Kier molecular flexibility index (Phi) is 4.70. The predicted octanol–water partition coefficient (Wildman–Crippen LogP) is 1.91. The van der Waals surface area contributed by atoms with Gasteiger partial charge in [-0.15, -0.1) is 5.10 Å². The SMILES string of the molecule is COC(=O)CCCn1cc(-c2ccc(OC)cc2)nn1. The lowest BCUT2D eigenvalue weighted by molar-refractivity contribution is -0.140. The summed E-state index contributed by atoms with van der Waals surface area (Å²) in [6.07, 6.45) is 2.92. The molecule has 0 spiro atoms. The van der Waals surface area contributed by atoms with E-state index in [2.05, 4.69) is 15.0 Å². The van der Waals surface area contributed by atoms with E-state index < -0.39 is 0 Å². The summed E-state index contributed by atoms with van der Waals surface area (Å²) in [6.45, 7) is 0.637. The smallest absolute Gasteiger partial charge is 0.305 e. The molecule has 0 aliphatic heterocycles. The molecule has 2 aromatic rings. The molecule has 0 aliphatic rings. The van der Waals surface area contributed by atoms with E-state index in [0.717, 1.165) is 17.0 Å². The summed E-state index contributed by atoms with van der Waals surface area (Å²) in [5.41, 5.74) is 1.77. The molecule has 0 radical (unpaired) electrons. The number of hydrogen-bond acceptors (Lipinski definition) is 5. The van der Waals surface area contributed by atoms with Crippen LogP contribution < -0.4 is 4.74 Å². The maximum Gasteiger partial charge on any atom is 0.305 e. The van der Waals surface area contributed by atoms with Crippen LogP contribution in [-0.2, 0) is 16.1 Å². The summed E-state index contributed by atoms with van der Waals surface area (Å²) in [5, 5.41) is 8.16. The molecule has 20 heavy (non-hydrogen) atoms. The van der Waals surface area contributed by atoms with Gasteiger partial charge < -0.3 is 9.47 Å². The minimum atomic E-state index is -0.208. The van der Waals surface area contributed by atoms with Gasteiger partial charge in [-0.05, 0) is 30.7 Å². The van der Waals surface area contributed by atoms with Crippen LogP contribution in [0.2, 0.25) is 0 Å². The zero-order valence-electron chi connectivity index (χ0n) is 11.6. The molecular formula is C14H17N3O3. The van der Waals surface area contributed by atoms with Crippen LogP contribution in [0.1, 0.15) is 12.8 Å². The van der Waals surface area contributed by atoms with Crippen molar-refractivity contribution in [2.45, 2.75) is 19.4 Å². The second-order valence-corrected chi connectivity index (χ2v) is 4.28. The number of aromatic nitrogens is 3. The van der Waals surface area contributed by atoms with E-state index in [1.165, 1.54) is 7.11 Å². The van der Waals surface area contributed by atoms with Gasteiger partial charge in [0.05, 0.1) is 20.4 Å². The Bertz CT molecular complexity index is 563. The lowest BCUT2D eigenvalue weighted by atomic mass is 10.2. The lowest BCUT2D eigenvalue weighted by Gasteiger charge is -2.00. The van der Waals surface area contributed by atoms with Gasteiger partial charge in [0.1, 0.15) is 11.4 Å². The number of aryl methyl sites for hydroxylation is 1. The van der Waals surface area contributed by atoms with Gasteiger partial charge in [-0.25, -0.2) is 0 Å². The largest absolute Gasteiger partial charge is 0.497 e. The monoisotopic (exact) mass is 275 g/mol. The van der Waals surface area contributed by atoms with Crippen LogP contribution in [-0.4, -0.2) is 35.2 Å². The van der Waals surface area contributed by atoms with Crippen molar-refractivity contribution >= 4 is 5.97 Å². The van der Waals surface area contributed by atoms with Gasteiger partial charge in [-0.3, -0.25) is 9.48 Å². The quantitative estimate of drug-likeness (QED) is 0.753. The highest BCUT2D eigenvalue weighted by molar-refractivity contribution is 5.69. The molecule has 0 atom stereocenters. The Morgan fingerprint density at radius 2 is 2.00 bits per heavy atom. The number of methoxy groups -OCH3 is 2. The van der Waals surface area contributed by atoms with Crippen molar-refractivity contribution in [3.63, 3.8) is 0 Å². The zero-order valence-corrected chi connectivity index (χ0v) is 11.6. The Labute approximate surface area is 117 Å². The molecule has 0 saturated carbocycles. The fourth-order valence-electron chi connectivity index (χ4n) is 1.79. The third-order valence-electron chi connectivity index (χ3n) is 2.92. The maximum atomic E-state index is 11.0. The first-order valence-corrected chi connectivity index (χ1v) is 6.34. The van der Waals surface area contributed by atoms with Gasteiger partial charge in [-0.2, -0.15) is 0 Å². The Morgan fingerprint density at radius 3 is 2.65 bits per heavy atom. The molecule has 1 heterocycles. The average molecular weight is 275 g/mol. The summed E-state index contributed by atoms with van der Waals surface area (Å²) < 4.78 is 11.4. The molecule has 0 bridgehead atoms. The van der Waals surface area contributed by atoms with Crippen molar-refractivity contribution in [3.8, 4) is 17.0 Å². The van der Waals surface area contributed by atoms with Gasteiger partial charge in [-0.1, -0.05) is 5.21 Å². The van der Waals surface area contributed by atoms with Crippen molar-refractivity contribution in [1.29, 1.82) is 0 Å². The molecule has 0 N–H and O–H groups in total. The molecular weight excluding hydrogens is 258 g/mol. The highest BCUT2D eigenvalue weighted by atomic mass is 16.5.